The molecule has 1 aliphatic carbocycles. The van der Waals surface area contributed by atoms with Crippen LogP contribution in [-0.4, -0.2) is 68.5 Å². The summed E-state index contributed by atoms with van der Waals surface area (Å²) in [6.07, 6.45) is 7.75. The van der Waals surface area contributed by atoms with Crippen molar-refractivity contribution in [2.24, 2.45) is 10.9 Å². The highest BCUT2D eigenvalue weighted by Gasteiger charge is 2.23. The summed E-state index contributed by atoms with van der Waals surface area (Å²) in [5.74, 6) is 2.41. The second-order valence-electron chi connectivity index (χ2n) is 7.83. The predicted molar refractivity (Wildman–Crippen MR) is 130 cm³/mol. The monoisotopic (exact) mass is 532 g/mol. The second-order valence-corrected chi connectivity index (χ2v) is 7.83. The number of guanidine groups is 1. The van der Waals surface area contributed by atoms with E-state index in [1.807, 2.05) is 18.3 Å². The summed E-state index contributed by atoms with van der Waals surface area (Å²) in [5, 5.41) is 3.43. The zero-order valence-electron chi connectivity index (χ0n) is 18.3. The Morgan fingerprint density at radius 3 is 2.73 bits per heavy atom. The van der Waals surface area contributed by atoms with Gasteiger partial charge in [-0.2, -0.15) is 0 Å². The Kier molecular flexibility index (Phi) is 11.8. The van der Waals surface area contributed by atoms with Crippen LogP contribution in [0.3, 0.4) is 0 Å². The number of hydrogen-bond acceptors (Lipinski definition) is 5. The Bertz CT molecular complexity index is 635. The number of methoxy groups -OCH3 is 1. The summed E-state index contributed by atoms with van der Waals surface area (Å²) >= 11 is 0. The van der Waals surface area contributed by atoms with Crippen molar-refractivity contribution in [1.29, 1.82) is 0 Å². The number of hydrogen-bond donors (Lipinski definition) is 1. The molecule has 1 saturated carbocycles. The fourth-order valence-corrected chi connectivity index (χ4v) is 3.39. The van der Waals surface area contributed by atoms with Crippen LogP contribution in [0.2, 0.25) is 0 Å². The average Bonchev–Trinajstić information content (AvgIpc) is 3.58. The van der Waals surface area contributed by atoms with Gasteiger partial charge >= 0.3 is 0 Å². The van der Waals surface area contributed by atoms with Crippen molar-refractivity contribution in [3.8, 4) is 5.88 Å². The molecule has 0 atom stereocenters. The topological polar surface area (TPSA) is 68.2 Å². The highest BCUT2D eigenvalue weighted by molar-refractivity contribution is 14.0. The van der Waals surface area contributed by atoms with Gasteiger partial charge in [-0.25, -0.2) is 9.98 Å². The smallest absolute Gasteiger partial charge is 0.213 e. The summed E-state index contributed by atoms with van der Waals surface area (Å²) in [6, 6.07) is 4.02. The first-order valence-corrected chi connectivity index (χ1v) is 11.0. The molecule has 0 radical (unpaired) electrons. The van der Waals surface area contributed by atoms with Crippen molar-refractivity contribution in [3.05, 3.63) is 23.9 Å². The van der Waals surface area contributed by atoms with Crippen molar-refractivity contribution in [1.82, 2.24) is 15.2 Å². The van der Waals surface area contributed by atoms with Gasteiger partial charge in [0.15, 0.2) is 5.96 Å². The van der Waals surface area contributed by atoms with Gasteiger partial charge in [0.1, 0.15) is 0 Å². The minimum absolute atomic E-state index is 0. The SMILES string of the molecule is CCNC(=NCc1ccnc(OCC2CC2)c1)N1CCC(OCCCOC)CC1.I. The van der Waals surface area contributed by atoms with Crippen LogP contribution >= 0.6 is 24.0 Å². The van der Waals surface area contributed by atoms with Gasteiger partial charge in [0.05, 0.1) is 19.3 Å². The molecule has 1 aromatic heterocycles. The molecule has 0 amide bonds. The number of piperidine rings is 1. The fourth-order valence-electron chi connectivity index (χ4n) is 3.39. The van der Waals surface area contributed by atoms with E-state index in [-0.39, 0.29) is 24.0 Å². The zero-order chi connectivity index (χ0) is 20.3. The Labute approximate surface area is 198 Å². The van der Waals surface area contributed by atoms with Gasteiger partial charge in [-0.15, -0.1) is 24.0 Å². The van der Waals surface area contributed by atoms with Gasteiger partial charge in [-0.05, 0) is 56.6 Å². The lowest BCUT2D eigenvalue weighted by molar-refractivity contribution is 0.00990. The molecule has 2 aliphatic rings. The predicted octanol–water partition coefficient (Wildman–Crippen LogP) is 3.47. The molecule has 2 fully saturated rings. The fraction of sp³-hybridized carbons (Fsp3) is 0.727. The Hall–Kier alpha value is -1.13. The summed E-state index contributed by atoms with van der Waals surface area (Å²) < 4.78 is 16.8. The second kappa shape index (κ2) is 14.0. The quantitative estimate of drug-likeness (QED) is 0.204. The third-order valence-electron chi connectivity index (χ3n) is 5.30. The number of halogens is 1. The van der Waals surface area contributed by atoms with Crippen LogP contribution in [0, 0.1) is 5.92 Å². The van der Waals surface area contributed by atoms with E-state index in [4.69, 9.17) is 19.2 Å². The van der Waals surface area contributed by atoms with Crippen molar-refractivity contribution in [2.45, 2.75) is 51.7 Å². The van der Waals surface area contributed by atoms with Gasteiger partial charge in [0.25, 0.3) is 0 Å². The molecule has 30 heavy (non-hydrogen) atoms. The molecule has 1 aliphatic heterocycles. The van der Waals surface area contributed by atoms with E-state index in [2.05, 4.69) is 22.1 Å². The van der Waals surface area contributed by atoms with Crippen LogP contribution < -0.4 is 10.1 Å². The standard InChI is InChI=1S/C22H36N4O3.HI/c1-3-23-22(26-11-8-20(9-12-26)28-14-4-13-27-2)25-16-19-7-10-24-21(15-19)29-17-18-5-6-18;/h7,10,15,18,20H,3-6,8-9,11-14,16-17H2,1-2H3,(H,23,25);1H. The van der Waals surface area contributed by atoms with Gasteiger partial charge in [0.2, 0.25) is 5.88 Å². The molecular formula is C22H37IN4O3. The highest BCUT2D eigenvalue weighted by atomic mass is 127. The Balaban J connectivity index is 0.00000320. The third-order valence-corrected chi connectivity index (χ3v) is 5.30. The van der Waals surface area contributed by atoms with Gasteiger partial charge in [0, 0.05) is 52.2 Å². The number of nitrogens with zero attached hydrogens (tertiary/aromatic N) is 3. The van der Waals surface area contributed by atoms with Crippen molar-refractivity contribution < 1.29 is 14.2 Å². The van der Waals surface area contributed by atoms with E-state index in [1.54, 1.807) is 7.11 Å². The summed E-state index contributed by atoms with van der Waals surface area (Å²) in [5.41, 5.74) is 1.12. The molecule has 0 bridgehead atoms. The first-order chi connectivity index (χ1) is 14.3. The van der Waals surface area contributed by atoms with Crippen molar-refractivity contribution >= 4 is 29.9 Å². The van der Waals surface area contributed by atoms with Gasteiger partial charge < -0.3 is 24.4 Å². The molecule has 8 heteroatoms. The molecule has 0 unspecified atom stereocenters. The molecule has 0 spiro atoms. The van der Waals surface area contributed by atoms with Crippen LogP contribution in [0.15, 0.2) is 23.3 Å². The van der Waals surface area contributed by atoms with E-state index in [0.717, 1.165) is 76.2 Å². The Morgan fingerprint density at radius 2 is 2.03 bits per heavy atom. The summed E-state index contributed by atoms with van der Waals surface area (Å²) in [7, 11) is 1.73. The number of nitrogens with one attached hydrogen (secondary N) is 1. The van der Waals surface area contributed by atoms with Crippen LogP contribution in [0.4, 0.5) is 0 Å². The minimum atomic E-state index is 0. The molecule has 3 rings (SSSR count). The number of aromatic nitrogens is 1. The molecule has 0 aromatic carbocycles. The van der Waals surface area contributed by atoms with Crippen molar-refractivity contribution in [2.75, 3.05) is 46.6 Å². The maximum atomic E-state index is 5.97. The normalized spacial score (nSPS) is 17.5. The molecule has 2 heterocycles. The van der Waals surface area contributed by atoms with Gasteiger partial charge in [-0.3, -0.25) is 0 Å². The molecule has 1 N–H and O–H groups in total. The number of likely N-dealkylation sites (tertiary alicyclic amines) is 1. The third kappa shape index (κ3) is 8.93. The Morgan fingerprint density at radius 1 is 1.23 bits per heavy atom. The highest BCUT2D eigenvalue weighted by Crippen LogP contribution is 2.29. The number of aliphatic imine (C=N–C) groups is 1. The minimum Gasteiger partial charge on any atom is -0.477 e. The van der Waals surface area contributed by atoms with Crippen molar-refractivity contribution in [3.63, 3.8) is 0 Å². The maximum absolute atomic E-state index is 5.97. The van der Waals surface area contributed by atoms with E-state index in [9.17, 15) is 0 Å². The molecule has 1 saturated heterocycles. The van der Waals surface area contributed by atoms with E-state index >= 15 is 0 Å². The van der Waals surface area contributed by atoms with Crippen LogP contribution in [-0.2, 0) is 16.0 Å². The van der Waals surface area contributed by atoms with Crippen LogP contribution in [0.1, 0.15) is 44.6 Å². The molecule has 7 nitrogen and oxygen atoms in total. The van der Waals surface area contributed by atoms with E-state index < -0.39 is 0 Å². The first-order valence-electron chi connectivity index (χ1n) is 11.0. The van der Waals surface area contributed by atoms with Gasteiger partial charge in [-0.1, -0.05) is 0 Å². The lowest BCUT2D eigenvalue weighted by Gasteiger charge is -2.34. The number of ether oxygens (including phenoxy) is 3. The number of rotatable bonds is 11. The molecule has 1 aromatic rings. The summed E-state index contributed by atoms with van der Waals surface area (Å²) in [6.45, 7) is 7.84. The van der Waals surface area contributed by atoms with Crippen LogP contribution in [0.5, 0.6) is 5.88 Å². The maximum Gasteiger partial charge on any atom is 0.213 e. The number of pyridine rings is 1. The van der Waals surface area contributed by atoms with E-state index in [0.29, 0.717) is 18.5 Å². The lowest BCUT2D eigenvalue weighted by atomic mass is 10.1. The molecule has 170 valence electrons. The largest absolute Gasteiger partial charge is 0.477 e. The average molecular weight is 532 g/mol. The molecular weight excluding hydrogens is 495 g/mol. The first kappa shape index (κ1) is 25.1. The lowest BCUT2D eigenvalue weighted by Crippen LogP contribution is -2.47. The zero-order valence-corrected chi connectivity index (χ0v) is 20.7. The van der Waals surface area contributed by atoms with E-state index in [1.165, 1.54) is 12.8 Å². The summed E-state index contributed by atoms with van der Waals surface area (Å²) in [4.78, 5) is 11.5. The van der Waals surface area contributed by atoms with Crippen LogP contribution in [0.25, 0.3) is 0 Å².